The van der Waals surface area contributed by atoms with Crippen LogP contribution in [0.4, 0.5) is 4.79 Å². The zero-order chi connectivity index (χ0) is 11.5. The van der Waals surface area contributed by atoms with E-state index < -0.39 is 16.1 Å². The van der Waals surface area contributed by atoms with Gasteiger partial charge in [-0.2, -0.15) is 0 Å². The summed E-state index contributed by atoms with van der Waals surface area (Å²) in [4.78, 5) is 11.0. The number of carbonyl (C=O) groups is 1. The summed E-state index contributed by atoms with van der Waals surface area (Å²) in [6, 6.07) is 5.69. The van der Waals surface area contributed by atoms with E-state index >= 15 is 0 Å². The first-order valence-corrected chi connectivity index (χ1v) is 5.76. The van der Waals surface area contributed by atoms with Crippen LogP contribution in [-0.4, -0.2) is 21.5 Å². The molecule has 0 atom stereocenters. The number of aryl methyl sites for hydroxylation is 1. The second-order valence-electron chi connectivity index (χ2n) is 2.95. The molecule has 0 fully saturated rings. The van der Waals surface area contributed by atoms with Gasteiger partial charge in [0.25, 0.3) is 10.0 Å². The van der Waals surface area contributed by atoms with Crippen molar-refractivity contribution in [2.24, 2.45) is 0 Å². The van der Waals surface area contributed by atoms with E-state index in [1.165, 1.54) is 13.1 Å². The largest absolute Gasteiger partial charge is 0.340 e. The lowest BCUT2D eigenvalue weighted by Gasteiger charge is -2.08. The molecular formula is C9H12N2O3S. The van der Waals surface area contributed by atoms with Crippen LogP contribution in [0.3, 0.4) is 0 Å². The average molecular weight is 228 g/mol. The van der Waals surface area contributed by atoms with Crippen LogP contribution in [0.5, 0.6) is 0 Å². The number of rotatable bonds is 2. The minimum absolute atomic E-state index is 0.105. The monoisotopic (exact) mass is 228 g/mol. The van der Waals surface area contributed by atoms with Crippen molar-refractivity contribution >= 4 is 16.1 Å². The first-order valence-electron chi connectivity index (χ1n) is 4.27. The van der Waals surface area contributed by atoms with Crippen LogP contribution in [0.2, 0.25) is 0 Å². The molecule has 0 aliphatic carbocycles. The van der Waals surface area contributed by atoms with Crippen molar-refractivity contribution in [2.45, 2.75) is 11.8 Å². The Hall–Kier alpha value is -1.56. The standard InChI is InChI=1S/C9H12N2O3S/c1-7-5-3-4-6-8(7)15(13,14)11-9(12)10-2/h3-6H,1-2H3,(H2,10,11,12). The van der Waals surface area contributed by atoms with Crippen LogP contribution >= 0.6 is 0 Å². The predicted molar refractivity (Wildman–Crippen MR) is 56.0 cm³/mol. The van der Waals surface area contributed by atoms with Crippen molar-refractivity contribution in [3.63, 3.8) is 0 Å². The molecule has 6 heteroatoms. The normalized spacial score (nSPS) is 10.8. The number of amides is 2. The lowest BCUT2D eigenvalue weighted by atomic mass is 10.2. The third-order valence-corrected chi connectivity index (χ3v) is 3.33. The van der Waals surface area contributed by atoms with E-state index in [9.17, 15) is 13.2 Å². The molecule has 82 valence electrons. The van der Waals surface area contributed by atoms with Gasteiger partial charge in [-0.3, -0.25) is 0 Å². The molecular weight excluding hydrogens is 216 g/mol. The Morgan fingerprint density at radius 3 is 2.40 bits per heavy atom. The van der Waals surface area contributed by atoms with E-state index in [4.69, 9.17) is 0 Å². The fourth-order valence-electron chi connectivity index (χ4n) is 1.09. The molecule has 0 aliphatic heterocycles. The van der Waals surface area contributed by atoms with Crippen molar-refractivity contribution in [1.82, 2.24) is 10.0 Å². The van der Waals surface area contributed by atoms with E-state index in [2.05, 4.69) is 5.32 Å². The number of benzene rings is 1. The smallest absolute Gasteiger partial charge is 0.328 e. The minimum Gasteiger partial charge on any atom is -0.340 e. The van der Waals surface area contributed by atoms with E-state index in [1.807, 2.05) is 4.72 Å². The van der Waals surface area contributed by atoms with Gasteiger partial charge in [0.1, 0.15) is 0 Å². The summed E-state index contributed by atoms with van der Waals surface area (Å²) < 4.78 is 25.2. The topological polar surface area (TPSA) is 75.3 Å². The third-order valence-electron chi connectivity index (χ3n) is 1.84. The van der Waals surface area contributed by atoms with Crippen LogP contribution in [0, 0.1) is 6.92 Å². The summed E-state index contributed by atoms with van der Waals surface area (Å²) in [5.74, 6) is 0. The van der Waals surface area contributed by atoms with E-state index in [0.29, 0.717) is 5.56 Å². The number of nitrogens with one attached hydrogen (secondary N) is 2. The summed E-state index contributed by atoms with van der Waals surface area (Å²) >= 11 is 0. The van der Waals surface area contributed by atoms with Crippen LogP contribution in [0.15, 0.2) is 29.2 Å². The molecule has 5 nitrogen and oxygen atoms in total. The highest BCUT2D eigenvalue weighted by molar-refractivity contribution is 7.90. The molecule has 2 amide bonds. The molecule has 0 aromatic heterocycles. The van der Waals surface area contributed by atoms with Crippen molar-refractivity contribution in [3.8, 4) is 0 Å². The van der Waals surface area contributed by atoms with E-state index in [-0.39, 0.29) is 4.90 Å². The van der Waals surface area contributed by atoms with Gasteiger partial charge in [-0.15, -0.1) is 0 Å². The summed E-state index contributed by atoms with van der Waals surface area (Å²) in [5.41, 5.74) is 0.592. The number of urea groups is 1. The summed E-state index contributed by atoms with van der Waals surface area (Å²) in [7, 11) is -2.41. The Labute approximate surface area is 88.5 Å². The Bertz CT molecular complexity index is 468. The zero-order valence-electron chi connectivity index (χ0n) is 8.44. The van der Waals surface area contributed by atoms with Gasteiger partial charge >= 0.3 is 6.03 Å². The van der Waals surface area contributed by atoms with E-state index in [1.54, 1.807) is 25.1 Å². The first-order chi connectivity index (χ1) is 6.97. The molecule has 0 heterocycles. The summed E-state index contributed by atoms with van der Waals surface area (Å²) in [6.45, 7) is 1.67. The minimum atomic E-state index is -3.76. The summed E-state index contributed by atoms with van der Waals surface area (Å²) in [5, 5.41) is 2.18. The maximum absolute atomic E-state index is 11.7. The van der Waals surface area contributed by atoms with Gasteiger partial charge in [0.2, 0.25) is 0 Å². The molecule has 1 aromatic carbocycles. The molecule has 1 rings (SSSR count). The molecule has 0 bridgehead atoms. The molecule has 1 aromatic rings. The van der Waals surface area contributed by atoms with Crippen molar-refractivity contribution in [2.75, 3.05) is 7.05 Å². The Morgan fingerprint density at radius 1 is 1.27 bits per heavy atom. The first kappa shape index (κ1) is 11.5. The van der Waals surface area contributed by atoms with Gasteiger partial charge in [0.15, 0.2) is 0 Å². The van der Waals surface area contributed by atoms with Gasteiger partial charge in [-0.25, -0.2) is 17.9 Å². The van der Waals surface area contributed by atoms with Crippen molar-refractivity contribution < 1.29 is 13.2 Å². The maximum atomic E-state index is 11.7. The average Bonchev–Trinajstić information content (AvgIpc) is 2.17. The molecule has 0 saturated heterocycles. The quantitative estimate of drug-likeness (QED) is 0.778. The van der Waals surface area contributed by atoms with Gasteiger partial charge < -0.3 is 5.32 Å². The second kappa shape index (κ2) is 4.31. The lowest BCUT2D eigenvalue weighted by molar-refractivity contribution is 0.248. The number of carbonyl (C=O) groups excluding carboxylic acids is 1. The van der Waals surface area contributed by atoms with Gasteiger partial charge in [0.05, 0.1) is 4.90 Å². The number of sulfonamides is 1. The van der Waals surface area contributed by atoms with Crippen molar-refractivity contribution in [1.29, 1.82) is 0 Å². The van der Waals surface area contributed by atoms with E-state index in [0.717, 1.165) is 0 Å². The lowest BCUT2D eigenvalue weighted by Crippen LogP contribution is -2.37. The van der Waals surface area contributed by atoms with Gasteiger partial charge in [-0.1, -0.05) is 18.2 Å². The SMILES string of the molecule is CNC(=O)NS(=O)(=O)c1ccccc1C. The number of hydrogen-bond acceptors (Lipinski definition) is 3. The Morgan fingerprint density at radius 2 is 1.87 bits per heavy atom. The highest BCUT2D eigenvalue weighted by Crippen LogP contribution is 2.13. The molecule has 15 heavy (non-hydrogen) atoms. The van der Waals surface area contributed by atoms with Crippen LogP contribution < -0.4 is 10.0 Å². The highest BCUT2D eigenvalue weighted by atomic mass is 32.2. The molecule has 0 radical (unpaired) electrons. The Kier molecular flexibility index (Phi) is 3.31. The molecule has 2 N–H and O–H groups in total. The van der Waals surface area contributed by atoms with Crippen molar-refractivity contribution in [3.05, 3.63) is 29.8 Å². The molecule has 0 spiro atoms. The number of hydrogen-bond donors (Lipinski definition) is 2. The molecule has 0 aliphatic rings. The van der Waals surface area contributed by atoms with Crippen LogP contribution in [0.25, 0.3) is 0 Å². The predicted octanol–water partition coefficient (Wildman–Crippen LogP) is 0.613. The zero-order valence-corrected chi connectivity index (χ0v) is 9.26. The highest BCUT2D eigenvalue weighted by Gasteiger charge is 2.18. The maximum Gasteiger partial charge on any atom is 0.328 e. The summed E-state index contributed by atoms with van der Waals surface area (Å²) in [6.07, 6.45) is 0. The van der Waals surface area contributed by atoms with Gasteiger partial charge in [0, 0.05) is 7.05 Å². The molecule has 0 saturated carbocycles. The van der Waals surface area contributed by atoms with Crippen LogP contribution in [0.1, 0.15) is 5.56 Å². The Balaban J connectivity index is 3.07. The third kappa shape index (κ3) is 2.69. The fourth-order valence-corrected chi connectivity index (χ4v) is 2.29. The van der Waals surface area contributed by atoms with Gasteiger partial charge in [-0.05, 0) is 18.6 Å². The molecule has 0 unspecified atom stereocenters. The second-order valence-corrected chi connectivity index (χ2v) is 4.60. The van der Waals surface area contributed by atoms with Crippen LogP contribution in [-0.2, 0) is 10.0 Å². The fraction of sp³-hybridized carbons (Fsp3) is 0.222.